The monoisotopic (exact) mass is 487 g/mol. The van der Waals surface area contributed by atoms with E-state index < -0.39 is 0 Å². The van der Waals surface area contributed by atoms with Gasteiger partial charge in [-0.2, -0.15) is 0 Å². The molecule has 1 aliphatic rings. The van der Waals surface area contributed by atoms with Crippen molar-refractivity contribution in [2.24, 2.45) is 4.99 Å². The van der Waals surface area contributed by atoms with Crippen molar-refractivity contribution in [1.82, 2.24) is 10.2 Å². The number of morpholine rings is 1. The van der Waals surface area contributed by atoms with Crippen LogP contribution in [0, 0.1) is 5.82 Å². The maximum atomic E-state index is 13.2. The average Bonchev–Trinajstić information content (AvgIpc) is 3.14. The number of nitrogens with one attached hydrogen (secondary N) is 1. The molecular formula is C20H27FIN3O2. The number of hydrogen-bond acceptors (Lipinski definition) is 3. The minimum Gasteiger partial charge on any atom is -0.469 e. The molecule has 0 saturated carbocycles. The molecule has 2 atom stereocenters. The summed E-state index contributed by atoms with van der Waals surface area (Å²) < 4.78 is 24.6. The summed E-state index contributed by atoms with van der Waals surface area (Å²) in [6, 6.07) is 10.4. The zero-order chi connectivity index (χ0) is 18.4. The van der Waals surface area contributed by atoms with E-state index in [1.54, 1.807) is 18.4 Å². The van der Waals surface area contributed by atoms with Gasteiger partial charge in [0.2, 0.25) is 0 Å². The van der Waals surface area contributed by atoms with Crippen molar-refractivity contribution < 1.29 is 13.5 Å². The van der Waals surface area contributed by atoms with Gasteiger partial charge in [-0.25, -0.2) is 4.39 Å². The number of benzene rings is 1. The van der Waals surface area contributed by atoms with Gasteiger partial charge in [-0.15, -0.1) is 24.0 Å². The Bertz CT molecular complexity index is 707. The Morgan fingerprint density at radius 2 is 2.04 bits per heavy atom. The highest BCUT2D eigenvalue weighted by atomic mass is 127. The van der Waals surface area contributed by atoms with E-state index in [1.165, 1.54) is 12.1 Å². The van der Waals surface area contributed by atoms with Crippen LogP contribution in [0.4, 0.5) is 4.39 Å². The van der Waals surface area contributed by atoms with E-state index in [-0.39, 0.29) is 42.0 Å². The molecule has 1 aromatic heterocycles. The van der Waals surface area contributed by atoms with Crippen molar-refractivity contribution in [2.45, 2.75) is 32.5 Å². The van der Waals surface area contributed by atoms with E-state index in [4.69, 9.17) is 14.1 Å². The van der Waals surface area contributed by atoms with Gasteiger partial charge in [0.25, 0.3) is 0 Å². The summed E-state index contributed by atoms with van der Waals surface area (Å²) in [5.74, 6) is 1.58. The van der Waals surface area contributed by atoms with E-state index in [9.17, 15) is 4.39 Å². The van der Waals surface area contributed by atoms with Crippen molar-refractivity contribution in [3.8, 4) is 0 Å². The molecule has 3 rings (SSSR count). The molecule has 2 heterocycles. The van der Waals surface area contributed by atoms with Gasteiger partial charge in [-0.05, 0) is 43.7 Å². The number of rotatable bonds is 5. The van der Waals surface area contributed by atoms with Gasteiger partial charge < -0.3 is 19.4 Å². The van der Waals surface area contributed by atoms with Gasteiger partial charge in [-0.1, -0.05) is 12.1 Å². The molecule has 0 amide bonds. The topological polar surface area (TPSA) is 50.0 Å². The lowest BCUT2D eigenvalue weighted by Gasteiger charge is -2.38. The van der Waals surface area contributed by atoms with Crippen LogP contribution in [0.2, 0.25) is 0 Å². The van der Waals surface area contributed by atoms with Crippen molar-refractivity contribution in [1.29, 1.82) is 0 Å². The Balaban J connectivity index is 0.00000261. The number of hydrogen-bond donors (Lipinski definition) is 1. The molecule has 1 saturated heterocycles. The Morgan fingerprint density at radius 3 is 2.70 bits per heavy atom. The van der Waals surface area contributed by atoms with Crippen LogP contribution in [0.3, 0.4) is 0 Å². The summed E-state index contributed by atoms with van der Waals surface area (Å²) >= 11 is 0. The summed E-state index contributed by atoms with van der Waals surface area (Å²) in [5, 5.41) is 3.36. The van der Waals surface area contributed by atoms with Crippen LogP contribution in [0.25, 0.3) is 0 Å². The second-order valence-electron chi connectivity index (χ2n) is 6.46. The summed E-state index contributed by atoms with van der Waals surface area (Å²) in [6.07, 6.45) is 2.41. The van der Waals surface area contributed by atoms with Gasteiger partial charge >= 0.3 is 0 Å². The van der Waals surface area contributed by atoms with Crippen molar-refractivity contribution >= 4 is 29.9 Å². The van der Waals surface area contributed by atoms with Crippen molar-refractivity contribution in [3.05, 3.63) is 59.8 Å². The van der Waals surface area contributed by atoms with E-state index in [0.29, 0.717) is 13.1 Å². The molecule has 1 aliphatic heterocycles. The quantitative estimate of drug-likeness (QED) is 0.394. The molecule has 148 valence electrons. The van der Waals surface area contributed by atoms with Crippen LogP contribution >= 0.6 is 24.0 Å². The van der Waals surface area contributed by atoms with E-state index >= 15 is 0 Å². The third-order valence-electron chi connectivity index (χ3n) is 4.34. The third-order valence-corrected chi connectivity index (χ3v) is 4.34. The van der Waals surface area contributed by atoms with Gasteiger partial charge in [0.15, 0.2) is 5.96 Å². The first-order valence-corrected chi connectivity index (χ1v) is 9.12. The molecule has 1 aromatic carbocycles. The number of aliphatic imine (C=N–C) groups is 1. The van der Waals surface area contributed by atoms with E-state index in [1.807, 2.05) is 12.1 Å². The molecule has 1 N–H and O–H groups in total. The number of furan rings is 1. The maximum Gasteiger partial charge on any atom is 0.194 e. The molecule has 1 fully saturated rings. The Morgan fingerprint density at radius 1 is 1.26 bits per heavy atom. The molecule has 0 bridgehead atoms. The molecule has 5 nitrogen and oxygen atoms in total. The second kappa shape index (κ2) is 10.7. The van der Waals surface area contributed by atoms with E-state index in [2.05, 4.69) is 24.1 Å². The van der Waals surface area contributed by atoms with Crippen LogP contribution < -0.4 is 5.32 Å². The lowest BCUT2D eigenvalue weighted by atomic mass is 10.1. The lowest BCUT2D eigenvalue weighted by Crippen LogP contribution is -2.50. The minimum absolute atomic E-state index is 0. The molecule has 2 unspecified atom stereocenters. The van der Waals surface area contributed by atoms with Gasteiger partial charge in [0.1, 0.15) is 17.7 Å². The number of halogens is 2. The SMILES string of the molecule is CCNC(=NCCc1ccco1)N1CC(C)OC(c2ccc(F)cc2)C1.I. The molecule has 7 heteroatoms. The highest BCUT2D eigenvalue weighted by Gasteiger charge is 2.28. The predicted octanol–water partition coefficient (Wildman–Crippen LogP) is 4.01. The molecule has 27 heavy (non-hydrogen) atoms. The molecular weight excluding hydrogens is 460 g/mol. The fourth-order valence-electron chi connectivity index (χ4n) is 3.14. The lowest BCUT2D eigenvalue weighted by molar-refractivity contribution is -0.0605. The van der Waals surface area contributed by atoms with Gasteiger partial charge in [-0.3, -0.25) is 4.99 Å². The standard InChI is InChI=1S/C20H26FN3O2.HI/c1-3-22-20(23-11-10-18-5-4-12-25-18)24-13-15(2)26-19(14-24)16-6-8-17(21)9-7-16;/h4-9,12,15,19H,3,10-11,13-14H2,1-2H3,(H,22,23);1H. The number of ether oxygens (including phenoxy) is 1. The summed E-state index contributed by atoms with van der Waals surface area (Å²) in [6.45, 7) is 7.01. The first kappa shape index (κ1) is 21.7. The Labute approximate surface area is 177 Å². The van der Waals surface area contributed by atoms with Crippen molar-refractivity contribution in [3.63, 3.8) is 0 Å². The third kappa shape index (κ3) is 6.21. The van der Waals surface area contributed by atoms with Gasteiger partial charge in [0.05, 0.1) is 18.9 Å². The molecule has 0 aliphatic carbocycles. The highest BCUT2D eigenvalue weighted by molar-refractivity contribution is 14.0. The summed E-state index contributed by atoms with van der Waals surface area (Å²) in [5.41, 5.74) is 0.981. The Hall–Kier alpha value is -1.61. The maximum absolute atomic E-state index is 13.2. The van der Waals surface area contributed by atoms with E-state index in [0.717, 1.165) is 36.8 Å². The van der Waals surface area contributed by atoms with Crippen LogP contribution in [-0.2, 0) is 11.2 Å². The molecule has 0 radical (unpaired) electrons. The predicted molar refractivity (Wildman–Crippen MR) is 115 cm³/mol. The summed E-state index contributed by atoms with van der Waals surface area (Å²) in [7, 11) is 0. The first-order chi connectivity index (χ1) is 12.7. The zero-order valence-electron chi connectivity index (χ0n) is 15.7. The number of guanidine groups is 1. The minimum atomic E-state index is -0.234. The highest BCUT2D eigenvalue weighted by Crippen LogP contribution is 2.25. The fraction of sp³-hybridized carbons (Fsp3) is 0.450. The normalized spacial score (nSPS) is 20.3. The first-order valence-electron chi connectivity index (χ1n) is 9.12. The Kier molecular flexibility index (Phi) is 8.56. The zero-order valence-corrected chi connectivity index (χ0v) is 18.1. The largest absolute Gasteiger partial charge is 0.469 e. The smallest absolute Gasteiger partial charge is 0.194 e. The second-order valence-corrected chi connectivity index (χ2v) is 6.46. The summed E-state index contributed by atoms with van der Waals surface area (Å²) in [4.78, 5) is 6.96. The van der Waals surface area contributed by atoms with Crippen LogP contribution in [0.15, 0.2) is 52.1 Å². The fourth-order valence-corrected chi connectivity index (χ4v) is 3.14. The van der Waals surface area contributed by atoms with Crippen LogP contribution in [0.5, 0.6) is 0 Å². The van der Waals surface area contributed by atoms with Crippen molar-refractivity contribution in [2.75, 3.05) is 26.2 Å². The van der Waals surface area contributed by atoms with Crippen LogP contribution in [0.1, 0.15) is 31.3 Å². The van der Waals surface area contributed by atoms with Crippen LogP contribution in [-0.4, -0.2) is 43.1 Å². The van der Waals surface area contributed by atoms with Gasteiger partial charge in [0, 0.05) is 26.1 Å². The molecule has 2 aromatic rings. The molecule has 0 spiro atoms. The average molecular weight is 487 g/mol. The number of nitrogens with zero attached hydrogens (tertiary/aromatic N) is 2.